The summed E-state index contributed by atoms with van der Waals surface area (Å²) in [4.78, 5) is 0.784. The fraction of sp³-hybridized carbons (Fsp3) is 0.417. The van der Waals surface area contributed by atoms with Gasteiger partial charge in [-0.05, 0) is 36.0 Å². The van der Waals surface area contributed by atoms with Crippen molar-refractivity contribution in [1.82, 2.24) is 0 Å². The number of halogens is 1. The first kappa shape index (κ1) is 13.6. The molecule has 0 bridgehead atoms. The van der Waals surface area contributed by atoms with Gasteiger partial charge in [0.1, 0.15) is 12.0 Å². The Morgan fingerprint density at radius 3 is 2.47 bits per heavy atom. The standard InChI is InChI=1S/C12H14ClO2S2/c1-16(14)7-10-11(13)6-5-9(8-3-4-8)12(10)17(2)15/h3,5-6,8H,4,7H2,1-2H3. The molecule has 2 nitrogen and oxygen atoms in total. The Bertz CT molecular complexity index is 417. The zero-order valence-electron chi connectivity index (χ0n) is 9.73. The molecule has 2 rings (SSSR count). The van der Waals surface area contributed by atoms with Crippen LogP contribution in [0.5, 0.6) is 0 Å². The highest BCUT2D eigenvalue weighted by molar-refractivity contribution is 7.91. The molecule has 0 amide bonds. The van der Waals surface area contributed by atoms with Gasteiger partial charge < -0.3 is 9.11 Å². The van der Waals surface area contributed by atoms with Crippen LogP contribution in [0.15, 0.2) is 17.0 Å². The van der Waals surface area contributed by atoms with E-state index in [9.17, 15) is 9.11 Å². The Balaban J connectivity index is 2.48. The molecule has 1 aromatic rings. The Labute approximate surface area is 113 Å². The number of rotatable bonds is 4. The monoisotopic (exact) mass is 289 g/mol. The second-order valence-corrected chi connectivity index (χ2v) is 7.35. The first-order chi connectivity index (χ1) is 8.00. The van der Waals surface area contributed by atoms with Gasteiger partial charge in [0, 0.05) is 5.56 Å². The average molecular weight is 290 g/mol. The summed E-state index contributed by atoms with van der Waals surface area (Å²) >= 11 is 4.05. The molecule has 0 saturated heterocycles. The molecule has 0 spiro atoms. The predicted octanol–water partition coefficient (Wildman–Crippen LogP) is 2.65. The van der Waals surface area contributed by atoms with Crippen molar-refractivity contribution in [2.45, 2.75) is 23.0 Å². The molecule has 93 valence electrons. The molecule has 0 heterocycles. The van der Waals surface area contributed by atoms with Crippen LogP contribution in [0, 0.1) is 6.42 Å². The van der Waals surface area contributed by atoms with E-state index in [-0.39, 0.29) is 0 Å². The molecular formula is C12H14ClO2S2. The Morgan fingerprint density at radius 2 is 2.00 bits per heavy atom. The molecule has 17 heavy (non-hydrogen) atoms. The van der Waals surface area contributed by atoms with Gasteiger partial charge in [0.15, 0.2) is 4.90 Å². The van der Waals surface area contributed by atoms with Gasteiger partial charge in [-0.1, -0.05) is 28.8 Å². The molecule has 1 aromatic carbocycles. The van der Waals surface area contributed by atoms with Gasteiger partial charge in [-0.3, -0.25) is 0 Å². The van der Waals surface area contributed by atoms with Crippen LogP contribution >= 0.6 is 11.6 Å². The van der Waals surface area contributed by atoms with Gasteiger partial charge in [-0.25, -0.2) is 0 Å². The topological polar surface area (TPSA) is 46.1 Å². The molecule has 1 aliphatic carbocycles. The molecule has 3 atom stereocenters. The van der Waals surface area contributed by atoms with Crippen LogP contribution in [0.25, 0.3) is 0 Å². The summed E-state index contributed by atoms with van der Waals surface area (Å²) in [6.45, 7) is 0. The molecule has 1 fully saturated rings. The van der Waals surface area contributed by atoms with Crippen LogP contribution in [0.3, 0.4) is 0 Å². The highest BCUT2D eigenvalue weighted by Gasteiger charge is 2.33. The summed E-state index contributed by atoms with van der Waals surface area (Å²) in [5, 5.41) is 0.565. The summed E-state index contributed by atoms with van der Waals surface area (Å²) in [5.74, 6) is 0.768. The van der Waals surface area contributed by atoms with E-state index in [1.54, 1.807) is 12.5 Å². The van der Waals surface area contributed by atoms with Gasteiger partial charge in [0.25, 0.3) is 0 Å². The second kappa shape index (κ2) is 5.41. The summed E-state index contributed by atoms with van der Waals surface area (Å²) in [7, 11) is 0. The third kappa shape index (κ3) is 3.12. The normalized spacial score (nSPS) is 19.1. The van der Waals surface area contributed by atoms with Gasteiger partial charge in [-0.2, -0.15) is 0 Å². The van der Waals surface area contributed by atoms with Crippen molar-refractivity contribution < 1.29 is 9.11 Å². The van der Waals surface area contributed by atoms with Crippen molar-refractivity contribution in [3.63, 3.8) is 0 Å². The minimum absolute atomic E-state index is 0.369. The third-order valence-corrected chi connectivity index (χ3v) is 4.85. The fourth-order valence-electron chi connectivity index (χ4n) is 1.91. The highest BCUT2D eigenvalue weighted by atomic mass is 35.5. The van der Waals surface area contributed by atoms with Crippen LogP contribution < -0.4 is 0 Å². The van der Waals surface area contributed by atoms with Crippen LogP contribution in [0.1, 0.15) is 23.5 Å². The second-order valence-electron chi connectivity index (χ2n) is 4.19. The third-order valence-electron chi connectivity index (χ3n) is 2.74. The number of hydrogen-bond donors (Lipinski definition) is 0. The minimum atomic E-state index is -1.10. The van der Waals surface area contributed by atoms with Crippen molar-refractivity contribution >= 4 is 34.0 Å². The van der Waals surface area contributed by atoms with E-state index in [0.717, 1.165) is 22.4 Å². The molecule has 0 aliphatic heterocycles. The Hall–Kier alpha value is 0.130. The predicted molar refractivity (Wildman–Crippen MR) is 73.2 cm³/mol. The van der Waals surface area contributed by atoms with Crippen LogP contribution in [-0.4, -0.2) is 21.6 Å². The lowest BCUT2D eigenvalue weighted by Crippen LogP contribution is -2.11. The van der Waals surface area contributed by atoms with Crippen LogP contribution in [0.4, 0.5) is 0 Å². The molecular weight excluding hydrogens is 276 g/mol. The molecule has 1 saturated carbocycles. The van der Waals surface area contributed by atoms with Gasteiger partial charge in [0.05, 0.1) is 16.8 Å². The van der Waals surface area contributed by atoms with E-state index >= 15 is 0 Å². The van der Waals surface area contributed by atoms with Crippen molar-refractivity contribution in [3.05, 3.63) is 34.7 Å². The van der Waals surface area contributed by atoms with Gasteiger partial charge >= 0.3 is 0 Å². The van der Waals surface area contributed by atoms with E-state index in [0.29, 0.717) is 16.7 Å². The van der Waals surface area contributed by atoms with Crippen molar-refractivity contribution in [2.24, 2.45) is 0 Å². The van der Waals surface area contributed by atoms with Crippen LogP contribution in [0.2, 0.25) is 5.02 Å². The smallest absolute Gasteiger partial charge is 0.165 e. The molecule has 0 N–H and O–H groups in total. The van der Waals surface area contributed by atoms with Crippen molar-refractivity contribution in [3.8, 4) is 0 Å². The summed E-state index contributed by atoms with van der Waals surface area (Å²) in [6, 6.07) is 3.76. The fourth-order valence-corrected chi connectivity index (χ4v) is 4.15. The maximum atomic E-state index is 11.9. The lowest BCUT2D eigenvalue weighted by molar-refractivity contribution is 0.596. The van der Waals surface area contributed by atoms with Crippen molar-refractivity contribution in [1.29, 1.82) is 0 Å². The van der Waals surface area contributed by atoms with Crippen LogP contribution in [-0.2, 0) is 28.1 Å². The van der Waals surface area contributed by atoms with E-state index in [2.05, 4.69) is 6.42 Å². The van der Waals surface area contributed by atoms with Crippen molar-refractivity contribution in [2.75, 3.05) is 12.5 Å². The number of benzene rings is 1. The van der Waals surface area contributed by atoms with E-state index < -0.39 is 22.4 Å². The first-order valence-corrected chi connectivity index (χ1v) is 8.95. The molecule has 1 radical (unpaired) electrons. The lowest BCUT2D eigenvalue weighted by atomic mass is 10.1. The quantitative estimate of drug-likeness (QED) is 0.800. The van der Waals surface area contributed by atoms with Gasteiger partial charge in [-0.15, -0.1) is 0 Å². The summed E-state index contributed by atoms with van der Waals surface area (Å²) in [6.07, 6.45) is 6.49. The van der Waals surface area contributed by atoms with Gasteiger partial charge in [0.2, 0.25) is 0 Å². The minimum Gasteiger partial charge on any atom is -0.616 e. The largest absolute Gasteiger partial charge is 0.616 e. The first-order valence-electron chi connectivity index (χ1n) is 5.28. The molecule has 1 aliphatic rings. The zero-order chi connectivity index (χ0) is 12.6. The molecule has 0 aromatic heterocycles. The Kier molecular flexibility index (Phi) is 4.31. The maximum absolute atomic E-state index is 11.9. The maximum Gasteiger partial charge on any atom is 0.165 e. The summed E-state index contributed by atoms with van der Waals surface area (Å²) < 4.78 is 23.3. The van der Waals surface area contributed by atoms with E-state index in [4.69, 9.17) is 11.6 Å². The zero-order valence-corrected chi connectivity index (χ0v) is 12.1. The summed E-state index contributed by atoms with van der Waals surface area (Å²) in [5.41, 5.74) is 1.86. The number of hydrogen-bond acceptors (Lipinski definition) is 2. The highest BCUT2D eigenvalue weighted by Crippen LogP contribution is 2.44. The lowest BCUT2D eigenvalue weighted by Gasteiger charge is -2.16. The Morgan fingerprint density at radius 1 is 1.35 bits per heavy atom. The van der Waals surface area contributed by atoms with E-state index in [1.807, 2.05) is 12.1 Å². The molecule has 5 heteroatoms. The molecule has 3 unspecified atom stereocenters. The average Bonchev–Trinajstić information content (AvgIpc) is 3.03. The van der Waals surface area contributed by atoms with E-state index in [1.165, 1.54) is 0 Å². The SMILES string of the molecule is C[S+]([O-])Cc1c(Cl)ccc(C2[CH]C2)c1[S+](C)[O-].